The summed E-state index contributed by atoms with van der Waals surface area (Å²) in [4.78, 5) is 0. The maximum Gasteiger partial charge on any atom is 0.364 e. The standard InChI is InChI=1S/C55H53N3OSi/c1-34(2)29-37-31-48-41-25-23-35(3)30-44(41)55(56(48)33-50(37)60(7,8)9)43-27-26-40-39-19-13-16-22-49(39)59-52(40)51(43)53-57(46-20-14-15-21-47(46)58(53)55)45-28-24-38(54(4,5)6)32-42(45)36-17-11-10-12-18-36/h10-28,30-34H,29H2,1-9H3/q+2. The molecule has 0 bridgehead atoms. The highest BCUT2D eigenvalue weighted by Crippen LogP contribution is 2.53. The van der Waals surface area contributed by atoms with E-state index in [1.54, 1.807) is 0 Å². The number of rotatable bonds is 5. The zero-order valence-corrected chi connectivity index (χ0v) is 37.3. The van der Waals surface area contributed by atoms with Crippen LogP contribution in [0.4, 0.5) is 0 Å². The number of fused-ring (bicyclic) bond motifs is 16. The summed E-state index contributed by atoms with van der Waals surface area (Å²) < 4.78 is 15.1. The maximum absolute atomic E-state index is 7.13. The quantitative estimate of drug-likeness (QED) is 0.126. The molecule has 5 heteroatoms. The number of benzene rings is 6. The summed E-state index contributed by atoms with van der Waals surface area (Å²) in [5, 5.41) is 3.80. The third kappa shape index (κ3) is 5.08. The number of aromatic nitrogens is 3. The molecule has 4 nitrogen and oxygen atoms in total. The number of hydrogen-bond acceptors (Lipinski definition) is 1. The van der Waals surface area contributed by atoms with Gasteiger partial charge < -0.3 is 4.42 Å². The van der Waals surface area contributed by atoms with Crippen molar-refractivity contribution in [1.82, 2.24) is 4.57 Å². The van der Waals surface area contributed by atoms with Crippen LogP contribution in [0.15, 0.2) is 144 Å². The SMILES string of the molecule is Cc1ccc2c(c1)C1(c3ccc4c(oc5ccccc54)c3-c3n(-c4ccc(C(C)(C)C)cc4-c4ccccc4)c4ccccc4[n+]31)[n+]1cc([Si](C)(C)C)c(CC(C)C)cc1-2. The predicted octanol–water partition coefficient (Wildman–Crippen LogP) is 12.4. The lowest BCUT2D eigenvalue weighted by Crippen LogP contribution is -2.72. The zero-order chi connectivity index (χ0) is 41.5. The van der Waals surface area contributed by atoms with Crippen molar-refractivity contribution in [3.63, 3.8) is 0 Å². The summed E-state index contributed by atoms with van der Waals surface area (Å²) in [7, 11) is -1.84. The van der Waals surface area contributed by atoms with E-state index in [1.165, 1.54) is 60.9 Å². The average Bonchev–Trinajstić information content (AvgIpc) is 3.93. The second-order valence-electron chi connectivity index (χ2n) is 19.8. The molecule has 1 unspecified atom stereocenters. The molecule has 1 atom stereocenters. The zero-order valence-electron chi connectivity index (χ0n) is 36.3. The Morgan fingerprint density at radius 1 is 0.733 bits per heavy atom. The van der Waals surface area contributed by atoms with Crippen LogP contribution in [0.5, 0.6) is 0 Å². The Balaban J connectivity index is 1.38. The van der Waals surface area contributed by atoms with Gasteiger partial charge in [-0.1, -0.05) is 133 Å². The van der Waals surface area contributed by atoms with E-state index < -0.39 is 13.7 Å². The Kier molecular flexibility index (Phi) is 7.85. The van der Waals surface area contributed by atoms with Crippen molar-refractivity contribution >= 4 is 46.2 Å². The van der Waals surface area contributed by atoms with Crippen molar-refractivity contribution in [3.8, 4) is 39.5 Å². The number of pyridine rings is 1. The summed E-state index contributed by atoms with van der Waals surface area (Å²) in [5.74, 6) is 1.68. The highest BCUT2D eigenvalue weighted by molar-refractivity contribution is 6.89. The molecule has 1 spiro atoms. The second-order valence-corrected chi connectivity index (χ2v) is 24.9. The van der Waals surface area contributed by atoms with Crippen LogP contribution in [0.3, 0.4) is 0 Å². The van der Waals surface area contributed by atoms with Crippen molar-refractivity contribution in [1.29, 1.82) is 0 Å². The van der Waals surface area contributed by atoms with Gasteiger partial charge in [-0.25, -0.2) is 0 Å². The largest absolute Gasteiger partial charge is 0.455 e. The Labute approximate surface area is 354 Å². The van der Waals surface area contributed by atoms with Crippen LogP contribution in [0.1, 0.15) is 62.4 Å². The van der Waals surface area contributed by atoms with Crippen molar-refractivity contribution in [2.45, 2.75) is 78.7 Å². The number of para-hydroxylation sites is 3. The van der Waals surface area contributed by atoms with Crippen LogP contribution >= 0.6 is 0 Å². The van der Waals surface area contributed by atoms with E-state index in [-0.39, 0.29) is 5.41 Å². The first kappa shape index (κ1) is 37.0. The highest BCUT2D eigenvalue weighted by atomic mass is 28.3. The van der Waals surface area contributed by atoms with E-state index in [1.807, 2.05) is 0 Å². The van der Waals surface area contributed by atoms with Crippen LogP contribution in [0, 0.1) is 12.8 Å². The molecule has 2 aliphatic rings. The van der Waals surface area contributed by atoms with Gasteiger partial charge in [-0.2, -0.15) is 4.57 Å². The molecule has 3 aromatic heterocycles. The average molecular weight is 800 g/mol. The monoisotopic (exact) mass is 799 g/mol. The first-order chi connectivity index (χ1) is 28.8. The van der Waals surface area contributed by atoms with Gasteiger partial charge in [0.05, 0.1) is 24.8 Å². The summed E-state index contributed by atoms with van der Waals surface area (Å²) in [5.41, 5.74) is 17.3. The molecule has 9 aromatic rings. The lowest BCUT2D eigenvalue weighted by Gasteiger charge is -2.24. The van der Waals surface area contributed by atoms with E-state index in [4.69, 9.17) is 4.42 Å². The fraction of sp³-hybridized carbons (Fsp3) is 0.236. The molecule has 0 amide bonds. The molecule has 5 heterocycles. The molecule has 11 rings (SSSR count). The number of imidazole rings is 1. The first-order valence-electron chi connectivity index (χ1n) is 21.7. The van der Waals surface area contributed by atoms with Crippen LogP contribution < -0.4 is 14.3 Å². The molecule has 0 radical (unpaired) electrons. The molecule has 0 aliphatic carbocycles. The Bertz CT molecular complexity index is 3240. The molecular formula is C55H53N3OSi+2. The maximum atomic E-state index is 7.13. The van der Waals surface area contributed by atoms with Gasteiger partial charge in [0.1, 0.15) is 16.8 Å². The Morgan fingerprint density at radius 2 is 1.48 bits per heavy atom. The van der Waals surface area contributed by atoms with Crippen molar-refractivity contribution in [2.24, 2.45) is 5.92 Å². The topological polar surface area (TPSA) is 25.8 Å². The summed E-state index contributed by atoms with van der Waals surface area (Å²) in [6.07, 6.45) is 3.64. The van der Waals surface area contributed by atoms with Gasteiger partial charge in [0, 0.05) is 27.6 Å². The molecule has 60 heavy (non-hydrogen) atoms. The van der Waals surface area contributed by atoms with E-state index in [0.717, 1.165) is 51.0 Å². The molecule has 2 aliphatic heterocycles. The molecule has 0 saturated heterocycles. The molecule has 0 saturated carbocycles. The fourth-order valence-corrected chi connectivity index (χ4v) is 12.2. The van der Waals surface area contributed by atoms with Crippen LogP contribution in [-0.4, -0.2) is 12.6 Å². The summed E-state index contributed by atoms with van der Waals surface area (Å²) in [6.45, 7) is 21.4. The number of nitrogens with zero attached hydrogens (tertiary/aromatic N) is 3. The molecule has 296 valence electrons. The van der Waals surface area contributed by atoms with Crippen LogP contribution in [-0.2, 0) is 17.5 Å². The lowest BCUT2D eigenvalue weighted by atomic mass is 9.85. The minimum atomic E-state index is -1.84. The Morgan fingerprint density at radius 3 is 2.25 bits per heavy atom. The van der Waals surface area contributed by atoms with Crippen LogP contribution in [0.2, 0.25) is 19.6 Å². The van der Waals surface area contributed by atoms with E-state index >= 15 is 0 Å². The fourth-order valence-electron chi connectivity index (χ4n) is 10.6. The number of aryl methyl sites for hydroxylation is 1. The predicted molar refractivity (Wildman–Crippen MR) is 250 cm³/mol. The molecule has 0 fully saturated rings. The Hall–Kier alpha value is -6.04. The van der Waals surface area contributed by atoms with Crippen molar-refractivity contribution in [3.05, 3.63) is 167 Å². The van der Waals surface area contributed by atoms with Crippen molar-refractivity contribution in [2.75, 3.05) is 0 Å². The third-order valence-electron chi connectivity index (χ3n) is 13.2. The van der Waals surface area contributed by atoms with Gasteiger partial charge in [-0.05, 0) is 96.0 Å². The van der Waals surface area contributed by atoms with Gasteiger partial charge in [-0.3, -0.25) is 0 Å². The van der Waals surface area contributed by atoms with Gasteiger partial charge in [0.15, 0.2) is 22.8 Å². The minimum Gasteiger partial charge on any atom is -0.455 e. The smallest absolute Gasteiger partial charge is 0.364 e. The van der Waals surface area contributed by atoms with E-state index in [2.05, 4.69) is 215 Å². The van der Waals surface area contributed by atoms with E-state index in [9.17, 15) is 0 Å². The van der Waals surface area contributed by atoms with Gasteiger partial charge in [0.25, 0.3) is 0 Å². The van der Waals surface area contributed by atoms with Crippen molar-refractivity contribution < 1.29 is 13.6 Å². The highest BCUT2D eigenvalue weighted by Gasteiger charge is 2.67. The van der Waals surface area contributed by atoms with E-state index in [0.29, 0.717) is 5.92 Å². The third-order valence-corrected chi connectivity index (χ3v) is 15.3. The van der Waals surface area contributed by atoms with Crippen LogP contribution in [0.25, 0.3) is 72.4 Å². The van der Waals surface area contributed by atoms with Gasteiger partial charge >= 0.3 is 11.5 Å². The molecular weight excluding hydrogens is 747 g/mol. The number of hydrogen-bond donors (Lipinski definition) is 0. The lowest BCUT2D eigenvalue weighted by molar-refractivity contribution is -0.944. The van der Waals surface area contributed by atoms with Gasteiger partial charge in [-0.15, -0.1) is 9.13 Å². The normalized spacial score (nSPS) is 15.7. The minimum absolute atomic E-state index is 0.0249. The van der Waals surface area contributed by atoms with Gasteiger partial charge in [0.2, 0.25) is 5.69 Å². The second kappa shape index (κ2) is 12.7. The molecule has 6 aromatic carbocycles. The summed E-state index contributed by atoms with van der Waals surface area (Å²) >= 11 is 0. The first-order valence-corrected chi connectivity index (χ1v) is 25.2. The summed E-state index contributed by atoms with van der Waals surface area (Å²) in [6, 6.07) is 50.1. The number of furan rings is 1. The molecule has 0 N–H and O–H groups in total.